The molecule has 2 heteroatoms. The molecule has 0 aromatic rings. The maximum Gasteiger partial charge on any atom is 0.0166 e. The fourth-order valence-corrected chi connectivity index (χ4v) is 5.61. The van der Waals surface area contributed by atoms with Gasteiger partial charge in [0.15, 0.2) is 0 Å². The first-order valence-electron chi connectivity index (χ1n) is 9.06. The Balaban J connectivity index is 1.54. The Bertz CT molecular complexity index is 364. The van der Waals surface area contributed by atoms with Gasteiger partial charge in [0.2, 0.25) is 0 Å². The van der Waals surface area contributed by atoms with Crippen LogP contribution in [0.2, 0.25) is 0 Å². The van der Waals surface area contributed by atoms with Crippen molar-refractivity contribution in [1.29, 1.82) is 0 Å². The summed E-state index contributed by atoms with van der Waals surface area (Å²) >= 11 is 0. The molecule has 0 saturated carbocycles. The zero-order chi connectivity index (χ0) is 13.4. The number of nitrogens with zero attached hydrogens (tertiary/aromatic N) is 2. The first kappa shape index (κ1) is 13.3. The summed E-state index contributed by atoms with van der Waals surface area (Å²) in [6.07, 6.45) is 16.5. The largest absolute Gasteiger partial charge is 0.300 e. The Labute approximate surface area is 124 Å². The molecule has 4 atom stereocenters. The second-order valence-corrected chi connectivity index (χ2v) is 7.48. The lowest BCUT2D eigenvalue weighted by Gasteiger charge is -2.43. The van der Waals surface area contributed by atoms with Crippen LogP contribution < -0.4 is 0 Å². The van der Waals surface area contributed by atoms with Gasteiger partial charge in [-0.25, -0.2) is 0 Å². The molecule has 4 rings (SSSR count). The van der Waals surface area contributed by atoms with E-state index < -0.39 is 0 Å². The molecule has 112 valence electrons. The van der Waals surface area contributed by atoms with E-state index in [2.05, 4.69) is 22.0 Å². The molecule has 0 N–H and O–H groups in total. The second kappa shape index (κ2) is 5.81. The van der Waals surface area contributed by atoms with Crippen molar-refractivity contribution in [3.05, 3.63) is 12.2 Å². The highest BCUT2D eigenvalue weighted by Gasteiger charge is 2.43. The van der Waals surface area contributed by atoms with E-state index >= 15 is 0 Å². The molecule has 3 fully saturated rings. The predicted molar refractivity (Wildman–Crippen MR) is 83.8 cm³/mol. The molecular weight excluding hydrogens is 244 g/mol. The quantitative estimate of drug-likeness (QED) is 0.677. The van der Waals surface area contributed by atoms with Crippen LogP contribution in [0.5, 0.6) is 0 Å². The van der Waals surface area contributed by atoms with Crippen LogP contribution in [0.3, 0.4) is 0 Å². The summed E-state index contributed by atoms with van der Waals surface area (Å²) in [4.78, 5) is 5.64. The van der Waals surface area contributed by atoms with E-state index in [0.717, 1.165) is 23.9 Å². The van der Waals surface area contributed by atoms with Gasteiger partial charge in [-0.2, -0.15) is 0 Å². The molecule has 0 spiro atoms. The smallest absolute Gasteiger partial charge is 0.0166 e. The zero-order valence-corrected chi connectivity index (χ0v) is 12.8. The average Bonchev–Trinajstić information content (AvgIpc) is 2.81. The summed E-state index contributed by atoms with van der Waals surface area (Å²) in [7, 11) is 0. The zero-order valence-electron chi connectivity index (χ0n) is 12.8. The molecule has 4 unspecified atom stereocenters. The lowest BCUT2D eigenvalue weighted by atomic mass is 9.75. The van der Waals surface area contributed by atoms with Crippen molar-refractivity contribution in [1.82, 2.24) is 9.80 Å². The Morgan fingerprint density at radius 1 is 0.650 bits per heavy atom. The summed E-state index contributed by atoms with van der Waals surface area (Å²) in [5.74, 6) is 1.99. The number of rotatable bonds is 1. The highest BCUT2D eigenvalue weighted by molar-refractivity contribution is 5.05. The van der Waals surface area contributed by atoms with E-state index in [-0.39, 0.29) is 0 Å². The topological polar surface area (TPSA) is 6.48 Å². The predicted octanol–water partition coefficient (Wildman–Crippen LogP) is 3.29. The van der Waals surface area contributed by atoms with Crippen molar-refractivity contribution in [2.45, 2.75) is 63.5 Å². The van der Waals surface area contributed by atoms with E-state index in [9.17, 15) is 0 Å². The number of piperidine rings is 1. The van der Waals surface area contributed by atoms with Crippen LogP contribution in [0.25, 0.3) is 0 Å². The number of hydrogen-bond donors (Lipinski definition) is 0. The number of fused-ring (bicyclic) bond motifs is 2. The molecule has 20 heavy (non-hydrogen) atoms. The summed E-state index contributed by atoms with van der Waals surface area (Å²) in [6, 6.07) is 1.81. The minimum Gasteiger partial charge on any atom is -0.300 e. The van der Waals surface area contributed by atoms with Crippen molar-refractivity contribution in [3.8, 4) is 0 Å². The summed E-state index contributed by atoms with van der Waals surface area (Å²) < 4.78 is 0. The van der Waals surface area contributed by atoms with E-state index in [0.29, 0.717) is 0 Å². The van der Waals surface area contributed by atoms with Gasteiger partial charge in [-0.05, 0) is 70.0 Å². The molecule has 0 aromatic heterocycles. The van der Waals surface area contributed by atoms with Crippen LogP contribution in [-0.4, -0.2) is 48.1 Å². The molecular formula is C18H30N2. The third kappa shape index (κ3) is 2.35. The molecule has 2 nitrogen and oxygen atoms in total. The van der Waals surface area contributed by atoms with Crippen molar-refractivity contribution < 1.29 is 0 Å². The maximum atomic E-state index is 2.88. The summed E-state index contributed by atoms with van der Waals surface area (Å²) in [6.45, 7) is 5.37. The molecule has 0 amide bonds. The highest BCUT2D eigenvalue weighted by Crippen LogP contribution is 2.42. The lowest BCUT2D eigenvalue weighted by molar-refractivity contribution is 0.0690. The van der Waals surface area contributed by atoms with Crippen molar-refractivity contribution in [3.63, 3.8) is 0 Å². The van der Waals surface area contributed by atoms with Gasteiger partial charge < -0.3 is 4.90 Å². The summed E-state index contributed by atoms with van der Waals surface area (Å²) in [5, 5.41) is 0. The van der Waals surface area contributed by atoms with E-state index in [1.54, 1.807) is 0 Å². The molecule has 3 saturated heterocycles. The SMILES string of the molecule is C1=CCN2CCC(C3CCCCN4CCCCC34)C2C1. The van der Waals surface area contributed by atoms with Crippen molar-refractivity contribution in [2.24, 2.45) is 11.8 Å². The summed E-state index contributed by atoms with van der Waals surface area (Å²) in [5.41, 5.74) is 0. The lowest BCUT2D eigenvalue weighted by Crippen LogP contribution is -2.47. The fraction of sp³-hybridized carbons (Fsp3) is 0.889. The monoisotopic (exact) mass is 274 g/mol. The van der Waals surface area contributed by atoms with E-state index in [4.69, 9.17) is 0 Å². The average molecular weight is 274 g/mol. The van der Waals surface area contributed by atoms with Crippen LogP contribution in [-0.2, 0) is 0 Å². The minimum absolute atomic E-state index is 0.881. The van der Waals surface area contributed by atoms with Crippen LogP contribution in [0.15, 0.2) is 12.2 Å². The molecule has 4 aliphatic rings. The standard InChI is InChI=1S/C18H30N2/c1-4-11-19-12-5-2-8-17(19)15(7-1)16-10-14-20-13-6-3-9-18(16)20/h3,6,15-18H,1-2,4-5,7-14H2. The van der Waals surface area contributed by atoms with Crippen LogP contribution in [0.1, 0.15) is 51.4 Å². The van der Waals surface area contributed by atoms with Crippen molar-refractivity contribution in [2.75, 3.05) is 26.2 Å². The molecule has 0 bridgehead atoms. The van der Waals surface area contributed by atoms with E-state index in [1.807, 2.05) is 0 Å². The van der Waals surface area contributed by atoms with Gasteiger partial charge >= 0.3 is 0 Å². The van der Waals surface area contributed by atoms with Crippen LogP contribution >= 0.6 is 0 Å². The van der Waals surface area contributed by atoms with Crippen LogP contribution in [0, 0.1) is 11.8 Å². The second-order valence-electron chi connectivity index (χ2n) is 7.48. The third-order valence-electron chi connectivity index (χ3n) is 6.54. The molecule has 0 aromatic carbocycles. The molecule has 4 aliphatic heterocycles. The Hall–Kier alpha value is -0.340. The first-order valence-corrected chi connectivity index (χ1v) is 9.06. The maximum absolute atomic E-state index is 2.88. The Kier molecular flexibility index (Phi) is 3.87. The van der Waals surface area contributed by atoms with Gasteiger partial charge in [0, 0.05) is 18.6 Å². The van der Waals surface area contributed by atoms with Gasteiger partial charge in [0.1, 0.15) is 0 Å². The van der Waals surface area contributed by atoms with Gasteiger partial charge in [0.05, 0.1) is 0 Å². The Morgan fingerprint density at radius 2 is 1.45 bits per heavy atom. The van der Waals surface area contributed by atoms with Gasteiger partial charge in [-0.1, -0.05) is 25.0 Å². The van der Waals surface area contributed by atoms with Gasteiger partial charge in [-0.15, -0.1) is 0 Å². The molecule has 0 aliphatic carbocycles. The van der Waals surface area contributed by atoms with E-state index in [1.165, 1.54) is 77.5 Å². The van der Waals surface area contributed by atoms with Crippen molar-refractivity contribution >= 4 is 0 Å². The third-order valence-corrected chi connectivity index (χ3v) is 6.54. The van der Waals surface area contributed by atoms with Gasteiger partial charge in [0.25, 0.3) is 0 Å². The normalized spacial score (nSPS) is 43.0. The highest BCUT2D eigenvalue weighted by atomic mass is 15.2. The Morgan fingerprint density at radius 3 is 2.35 bits per heavy atom. The minimum atomic E-state index is 0.881. The molecule has 4 heterocycles. The van der Waals surface area contributed by atoms with Gasteiger partial charge in [-0.3, -0.25) is 4.90 Å². The first-order chi connectivity index (χ1) is 9.93. The number of hydrogen-bond acceptors (Lipinski definition) is 2. The fourth-order valence-electron chi connectivity index (χ4n) is 5.61. The molecule has 0 radical (unpaired) electrons. The van der Waals surface area contributed by atoms with Crippen LogP contribution in [0.4, 0.5) is 0 Å².